The van der Waals surface area contributed by atoms with Crippen LogP contribution >= 0.6 is 0 Å². The molecule has 3 aliphatic rings. The van der Waals surface area contributed by atoms with Crippen LogP contribution in [0.2, 0.25) is 0 Å². The Bertz CT molecular complexity index is 801. The molecular formula is C21H25N5. The highest BCUT2D eigenvalue weighted by atomic mass is 15.3. The number of hydrogen-bond acceptors (Lipinski definition) is 5. The van der Waals surface area contributed by atoms with Gasteiger partial charge in [0.25, 0.3) is 0 Å². The molecule has 1 fully saturated rings. The molecule has 0 bridgehead atoms. The van der Waals surface area contributed by atoms with E-state index >= 15 is 0 Å². The summed E-state index contributed by atoms with van der Waals surface area (Å²) in [5.41, 5.74) is 3.64. The molecule has 0 aromatic carbocycles. The molecule has 5 heteroatoms. The Kier molecular flexibility index (Phi) is 4.85. The molecule has 1 N–H and O–H groups in total. The fourth-order valence-electron chi connectivity index (χ4n) is 4.26. The molecule has 0 saturated carbocycles. The van der Waals surface area contributed by atoms with E-state index < -0.39 is 0 Å². The first-order chi connectivity index (χ1) is 12.8. The summed E-state index contributed by atoms with van der Waals surface area (Å²) in [6.07, 6.45) is 13.0. The summed E-state index contributed by atoms with van der Waals surface area (Å²) in [7, 11) is 0. The van der Waals surface area contributed by atoms with Crippen LogP contribution < -0.4 is 5.32 Å². The van der Waals surface area contributed by atoms with Crippen LogP contribution in [0.4, 0.5) is 0 Å². The highest BCUT2D eigenvalue weighted by Gasteiger charge is 2.35. The summed E-state index contributed by atoms with van der Waals surface area (Å²) in [4.78, 5) is 11.9. The number of aliphatic imine (C=N–C) groups is 1. The molecule has 0 spiro atoms. The van der Waals surface area contributed by atoms with E-state index in [-0.39, 0.29) is 6.04 Å². The first-order valence-corrected chi connectivity index (χ1v) is 9.53. The van der Waals surface area contributed by atoms with Gasteiger partial charge in [0.05, 0.1) is 23.8 Å². The first kappa shape index (κ1) is 17.0. The second kappa shape index (κ2) is 7.43. The molecular weight excluding hydrogens is 322 g/mol. The molecule has 1 saturated heterocycles. The third kappa shape index (κ3) is 3.30. The van der Waals surface area contributed by atoms with E-state index in [1.807, 2.05) is 12.3 Å². The molecule has 1 aromatic heterocycles. The second-order valence-electron chi connectivity index (χ2n) is 7.30. The van der Waals surface area contributed by atoms with Gasteiger partial charge in [0.2, 0.25) is 0 Å². The largest absolute Gasteiger partial charge is 0.328 e. The average molecular weight is 347 g/mol. The maximum Gasteiger partial charge on any atom is 0.128 e. The van der Waals surface area contributed by atoms with Gasteiger partial charge >= 0.3 is 0 Å². The van der Waals surface area contributed by atoms with Crippen molar-refractivity contribution in [2.24, 2.45) is 4.99 Å². The lowest BCUT2D eigenvalue weighted by atomic mass is 9.91. The molecule has 1 aromatic rings. The van der Waals surface area contributed by atoms with Crippen LogP contribution in [0.1, 0.15) is 49.4 Å². The van der Waals surface area contributed by atoms with Crippen molar-refractivity contribution in [3.05, 3.63) is 53.5 Å². The Hall–Kier alpha value is -2.45. The maximum atomic E-state index is 8.89. The monoisotopic (exact) mass is 347 g/mol. The van der Waals surface area contributed by atoms with Gasteiger partial charge in [-0.1, -0.05) is 12.1 Å². The van der Waals surface area contributed by atoms with Crippen molar-refractivity contribution in [3.8, 4) is 6.07 Å². The highest BCUT2D eigenvalue weighted by molar-refractivity contribution is 5.97. The molecule has 134 valence electrons. The second-order valence-corrected chi connectivity index (χ2v) is 7.30. The predicted octanol–water partition coefficient (Wildman–Crippen LogP) is 3.41. The van der Waals surface area contributed by atoms with E-state index in [0.717, 1.165) is 31.6 Å². The van der Waals surface area contributed by atoms with Crippen LogP contribution in [-0.2, 0) is 0 Å². The highest BCUT2D eigenvalue weighted by Crippen LogP contribution is 2.31. The van der Waals surface area contributed by atoms with Crippen molar-refractivity contribution < 1.29 is 0 Å². The van der Waals surface area contributed by atoms with Gasteiger partial charge in [0, 0.05) is 37.3 Å². The van der Waals surface area contributed by atoms with E-state index in [0.29, 0.717) is 18.5 Å². The SMILES string of the molecule is Cc1cccnc1[C@@H]1CCC[C@H](C2CN3C(CCC#N)=CC=CC3=N2)N1. The number of nitriles is 1. The minimum Gasteiger partial charge on any atom is -0.328 e. The Morgan fingerprint density at radius 1 is 1.38 bits per heavy atom. The maximum absolute atomic E-state index is 8.89. The normalized spacial score (nSPS) is 27.5. The van der Waals surface area contributed by atoms with Crippen molar-refractivity contribution in [1.82, 2.24) is 15.2 Å². The number of aromatic nitrogens is 1. The van der Waals surface area contributed by atoms with E-state index in [4.69, 9.17) is 10.3 Å². The van der Waals surface area contributed by atoms with Crippen LogP contribution in [0.5, 0.6) is 0 Å². The summed E-state index contributed by atoms with van der Waals surface area (Å²) in [5.74, 6) is 1.04. The van der Waals surface area contributed by atoms with Crippen LogP contribution in [0.15, 0.2) is 47.2 Å². The molecule has 4 rings (SSSR count). The standard InChI is InChI=1S/C21H25N5/c1-15-6-5-13-23-21(15)18-10-3-9-17(24-18)19-14-26-16(8-4-12-22)7-2-11-20(26)25-19/h2,5-7,11,13,17-19,24H,3-4,8-10,14H2,1H3/t17-,18+,19?/m1/s1. The lowest BCUT2D eigenvalue weighted by molar-refractivity contribution is 0.278. The van der Waals surface area contributed by atoms with Crippen LogP contribution in [0.25, 0.3) is 0 Å². The Morgan fingerprint density at radius 2 is 2.31 bits per heavy atom. The Morgan fingerprint density at radius 3 is 3.15 bits per heavy atom. The van der Waals surface area contributed by atoms with Gasteiger partial charge in [-0.15, -0.1) is 0 Å². The average Bonchev–Trinajstić information content (AvgIpc) is 3.12. The number of rotatable bonds is 4. The molecule has 0 aliphatic carbocycles. The fourth-order valence-corrected chi connectivity index (χ4v) is 4.26. The summed E-state index contributed by atoms with van der Waals surface area (Å²) < 4.78 is 0. The lowest BCUT2D eigenvalue weighted by Gasteiger charge is -2.34. The van der Waals surface area contributed by atoms with Gasteiger partial charge in [-0.05, 0) is 50.0 Å². The molecule has 1 unspecified atom stereocenters. The summed E-state index contributed by atoms with van der Waals surface area (Å²) >= 11 is 0. The lowest BCUT2D eigenvalue weighted by Crippen LogP contribution is -2.46. The summed E-state index contributed by atoms with van der Waals surface area (Å²) in [5, 5.41) is 12.7. The Labute approximate surface area is 155 Å². The van der Waals surface area contributed by atoms with Gasteiger partial charge in [-0.3, -0.25) is 9.98 Å². The number of piperidine rings is 1. The number of amidine groups is 1. The summed E-state index contributed by atoms with van der Waals surface area (Å²) in [6.45, 7) is 3.04. The smallest absolute Gasteiger partial charge is 0.128 e. The third-order valence-corrected chi connectivity index (χ3v) is 5.59. The molecule has 0 radical (unpaired) electrons. The van der Waals surface area contributed by atoms with Gasteiger partial charge in [0.1, 0.15) is 5.84 Å². The molecule has 5 nitrogen and oxygen atoms in total. The minimum absolute atomic E-state index is 0.255. The van der Waals surface area contributed by atoms with E-state index in [1.165, 1.54) is 23.4 Å². The minimum atomic E-state index is 0.255. The molecule has 26 heavy (non-hydrogen) atoms. The summed E-state index contributed by atoms with van der Waals surface area (Å²) in [6, 6.07) is 7.33. The fraction of sp³-hybridized carbons (Fsp3) is 0.476. The number of pyridine rings is 1. The van der Waals surface area contributed by atoms with E-state index in [1.54, 1.807) is 0 Å². The first-order valence-electron chi connectivity index (χ1n) is 9.53. The van der Waals surface area contributed by atoms with Crippen molar-refractivity contribution in [1.29, 1.82) is 5.26 Å². The zero-order chi connectivity index (χ0) is 17.9. The third-order valence-electron chi connectivity index (χ3n) is 5.59. The van der Waals surface area contributed by atoms with Crippen LogP contribution in [0, 0.1) is 18.3 Å². The zero-order valence-electron chi connectivity index (χ0n) is 15.2. The molecule has 4 heterocycles. The van der Waals surface area contributed by atoms with Crippen LogP contribution in [-0.4, -0.2) is 34.3 Å². The van der Waals surface area contributed by atoms with Crippen molar-refractivity contribution in [3.63, 3.8) is 0 Å². The van der Waals surface area contributed by atoms with Gasteiger partial charge in [0.15, 0.2) is 0 Å². The zero-order valence-corrected chi connectivity index (χ0v) is 15.2. The number of nitrogens with zero attached hydrogens (tertiary/aromatic N) is 4. The molecule has 0 amide bonds. The Balaban J connectivity index is 1.47. The number of hydrogen-bond donors (Lipinski definition) is 1. The van der Waals surface area contributed by atoms with Gasteiger partial charge < -0.3 is 10.2 Å². The van der Waals surface area contributed by atoms with E-state index in [2.05, 4.69) is 52.5 Å². The quantitative estimate of drug-likeness (QED) is 0.906. The number of fused-ring (bicyclic) bond motifs is 1. The van der Waals surface area contributed by atoms with E-state index in [9.17, 15) is 0 Å². The number of aryl methyl sites for hydroxylation is 1. The van der Waals surface area contributed by atoms with Crippen molar-refractivity contribution >= 4 is 5.84 Å². The van der Waals surface area contributed by atoms with Crippen molar-refractivity contribution in [2.45, 2.75) is 57.2 Å². The topological polar surface area (TPSA) is 64.3 Å². The predicted molar refractivity (Wildman–Crippen MR) is 102 cm³/mol. The van der Waals surface area contributed by atoms with Gasteiger partial charge in [-0.2, -0.15) is 5.26 Å². The molecule has 3 atom stereocenters. The number of nitrogens with one attached hydrogen (secondary N) is 1. The number of allylic oxidation sites excluding steroid dienone is 3. The van der Waals surface area contributed by atoms with Crippen molar-refractivity contribution in [2.75, 3.05) is 6.54 Å². The van der Waals surface area contributed by atoms with Crippen LogP contribution in [0.3, 0.4) is 0 Å². The van der Waals surface area contributed by atoms with Gasteiger partial charge in [-0.25, -0.2) is 0 Å². The molecule has 3 aliphatic heterocycles.